The minimum absolute atomic E-state index is 0.0266. The van der Waals surface area contributed by atoms with E-state index in [1.165, 1.54) is 17.0 Å². The van der Waals surface area contributed by atoms with Gasteiger partial charge in [0.05, 0.1) is 24.4 Å². The van der Waals surface area contributed by atoms with Gasteiger partial charge in [0.2, 0.25) is 11.8 Å². The number of amides is 2. The minimum Gasteiger partial charge on any atom is -0.342 e. The number of nitrogens with zero attached hydrogens (tertiary/aromatic N) is 3. The van der Waals surface area contributed by atoms with Gasteiger partial charge < -0.3 is 9.80 Å². The molecule has 46 heavy (non-hydrogen) atoms. The molecule has 1 aliphatic carbocycles. The summed E-state index contributed by atoms with van der Waals surface area (Å²) < 4.78 is 56.3. The summed E-state index contributed by atoms with van der Waals surface area (Å²) in [6.45, 7) is 12.7. The van der Waals surface area contributed by atoms with Crippen LogP contribution in [0.25, 0.3) is 0 Å². The first-order chi connectivity index (χ1) is 21.3. The molecule has 2 aromatic rings. The molecule has 2 aromatic carbocycles. The Morgan fingerprint density at radius 2 is 1.57 bits per heavy atom. The standard InChI is InChI=1S/C36H44ClF4N3O2/c1-21-13-24-27(15-29(21)37)35(16-28(24)34(5,6)32(46)43-19-36(40,41)20-43)9-11-42(12-10-35)31(45)26-18-44(33(2,3)4)17-25(26)23-8-7-22(38)14-30(23)39/h7-8,13-15,25-26,28H,9-12,16-20H2,1-6H3/t25-,26+,28-/m0/s1. The number of rotatable bonds is 4. The van der Waals surface area contributed by atoms with Crippen LogP contribution in [-0.2, 0) is 15.0 Å². The van der Waals surface area contributed by atoms with E-state index in [9.17, 15) is 22.8 Å². The summed E-state index contributed by atoms with van der Waals surface area (Å²) in [5, 5.41) is 0.640. The molecule has 0 N–H and O–H groups in total. The highest BCUT2D eigenvalue weighted by Gasteiger charge is 2.56. The zero-order valence-electron chi connectivity index (χ0n) is 27.5. The van der Waals surface area contributed by atoms with Crippen molar-refractivity contribution in [1.82, 2.24) is 14.7 Å². The van der Waals surface area contributed by atoms with Crippen molar-refractivity contribution in [2.75, 3.05) is 39.3 Å². The zero-order chi connectivity index (χ0) is 33.6. The number of benzene rings is 2. The smallest absolute Gasteiger partial charge is 0.282 e. The van der Waals surface area contributed by atoms with Gasteiger partial charge in [0.25, 0.3) is 5.92 Å². The van der Waals surface area contributed by atoms with E-state index in [4.69, 9.17) is 11.6 Å². The second-order valence-corrected chi connectivity index (χ2v) is 16.2. The minimum atomic E-state index is -2.84. The van der Waals surface area contributed by atoms with Crippen molar-refractivity contribution in [2.24, 2.45) is 11.3 Å². The number of carbonyl (C=O) groups excluding carboxylic acids is 2. The lowest BCUT2D eigenvalue weighted by molar-refractivity contribution is -0.175. The number of hydrogen-bond donors (Lipinski definition) is 0. The van der Waals surface area contributed by atoms with E-state index in [0.29, 0.717) is 56.0 Å². The number of fused-ring (bicyclic) bond motifs is 2. The van der Waals surface area contributed by atoms with E-state index in [1.54, 1.807) is 0 Å². The zero-order valence-corrected chi connectivity index (χ0v) is 28.3. The molecule has 250 valence electrons. The normalized spacial score (nSPS) is 25.9. The highest BCUT2D eigenvalue weighted by Crippen LogP contribution is 2.58. The summed E-state index contributed by atoms with van der Waals surface area (Å²) in [7, 11) is 0. The van der Waals surface area contributed by atoms with Crippen molar-refractivity contribution in [2.45, 2.75) is 89.5 Å². The molecule has 4 aliphatic rings. The molecule has 3 aliphatic heterocycles. The molecule has 0 saturated carbocycles. The highest BCUT2D eigenvalue weighted by molar-refractivity contribution is 6.31. The second-order valence-electron chi connectivity index (χ2n) is 15.7. The Labute approximate surface area is 274 Å². The SMILES string of the molecule is Cc1cc2c(cc1Cl)C1(CCN(C(=O)[C@@H]3CN(C(C)(C)C)C[C@H]3c3ccc(F)cc3F)CC1)C[C@@H]2C(C)(C)C(=O)N1CC(F)(F)C1. The summed E-state index contributed by atoms with van der Waals surface area (Å²) in [6.07, 6.45) is 2.00. The van der Waals surface area contributed by atoms with Crippen molar-refractivity contribution in [3.63, 3.8) is 0 Å². The average Bonchev–Trinajstić information content (AvgIpc) is 3.53. The number of hydrogen-bond acceptors (Lipinski definition) is 3. The van der Waals surface area contributed by atoms with Crippen LogP contribution in [0, 0.1) is 29.9 Å². The van der Waals surface area contributed by atoms with Crippen LogP contribution in [0.2, 0.25) is 5.02 Å². The number of piperidine rings is 1. The maximum Gasteiger partial charge on any atom is 0.282 e. The lowest BCUT2D eigenvalue weighted by atomic mass is 9.69. The van der Waals surface area contributed by atoms with Crippen molar-refractivity contribution in [3.05, 3.63) is 69.2 Å². The molecule has 0 aromatic heterocycles. The number of aryl methyl sites for hydroxylation is 1. The predicted octanol–water partition coefficient (Wildman–Crippen LogP) is 7.29. The Balaban J connectivity index is 1.25. The average molecular weight is 662 g/mol. The summed E-state index contributed by atoms with van der Waals surface area (Å²) in [6, 6.07) is 7.68. The van der Waals surface area contributed by atoms with E-state index in [1.807, 2.05) is 31.7 Å². The van der Waals surface area contributed by atoms with Crippen LogP contribution in [0.4, 0.5) is 17.6 Å². The first-order valence-corrected chi connectivity index (χ1v) is 16.7. The fourth-order valence-corrected chi connectivity index (χ4v) is 8.66. The maximum absolute atomic E-state index is 15.1. The van der Waals surface area contributed by atoms with Crippen LogP contribution in [0.15, 0.2) is 30.3 Å². The van der Waals surface area contributed by atoms with E-state index in [2.05, 4.69) is 31.7 Å². The van der Waals surface area contributed by atoms with Gasteiger partial charge in [-0.3, -0.25) is 14.5 Å². The molecule has 2 amide bonds. The fraction of sp³-hybridized carbons (Fsp3) is 0.611. The quantitative estimate of drug-likeness (QED) is 0.323. The summed E-state index contributed by atoms with van der Waals surface area (Å²) in [5.74, 6) is -5.47. The molecule has 3 heterocycles. The van der Waals surface area contributed by atoms with Crippen LogP contribution in [0.5, 0.6) is 0 Å². The number of halogens is 5. The Bertz CT molecular complexity index is 1550. The third-order valence-electron chi connectivity index (χ3n) is 11.4. The number of likely N-dealkylation sites (tertiary alicyclic amines) is 3. The lowest BCUT2D eigenvalue weighted by Crippen LogP contribution is -2.61. The Kier molecular flexibility index (Phi) is 8.11. The predicted molar refractivity (Wildman–Crippen MR) is 170 cm³/mol. The highest BCUT2D eigenvalue weighted by atomic mass is 35.5. The number of carbonyl (C=O) groups is 2. The van der Waals surface area contributed by atoms with E-state index >= 15 is 4.39 Å². The number of alkyl halides is 2. The van der Waals surface area contributed by atoms with Crippen LogP contribution in [-0.4, -0.2) is 77.2 Å². The van der Waals surface area contributed by atoms with Gasteiger partial charge in [-0.25, -0.2) is 17.6 Å². The fourth-order valence-electron chi connectivity index (χ4n) is 8.50. The second kappa shape index (κ2) is 11.2. The maximum atomic E-state index is 15.1. The Morgan fingerprint density at radius 1 is 0.913 bits per heavy atom. The van der Waals surface area contributed by atoms with E-state index in [0.717, 1.165) is 22.8 Å². The molecule has 1 spiro atoms. The summed E-state index contributed by atoms with van der Waals surface area (Å²) >= 11 is 6.66. The van der Waals surface area contributed by atoms with Gasteiger partial charge in [0.15, 0.2) is 0 Å². The largest absolute Gasteiger partial charge is 0.342 e. The summed E-state index contributed by atoms with van der Waals surface area (Å²) in [5.41, 5.74) is 1.93. The topological polar surface area (TPSA) is 43.9 Å². The molecule has 3 atom stereocenters. The molecular formula is C36H44ClF4N3O2. The van der Waals surface area contributed by atoms with Gasteiger partial charge in [-0.15, -0.1) is 0 Å². The molecule has 0 radical (unpaired) electrons. The Hall–Kier alpha value is -2.65. The van der Waals surface area contributed by atoms with Gasteiger partial charge in [-0.2, -0.15) is 0 Å². The molecule has 6 rings (SSSR count). The third-order valence-corrected chi connectivity index (χ3v) is 11.8. The van der Waals surface area contributed by atoms with Gasteiger partial charge in [0.1, 0.15) is 11.6 Å². The molecule has 5 nitrogen and oxygen atoms in total. The van der Waals surface area contributed by atoms with Crippen molar-refractivity contribution in [1.29, 1.82) is 0 Å². The molecule has 10 heteroatoms. The van der Waals surface area contributed by atoms with Crippen LogP contribution >= 0.6 is 11.6 Å². The monoisotopic (exact) mass is 661 g/mol. The molecular weight excluding hydrogens is 618 g/mol. The lowest BCUT2D eigenvalue weighted by Gasteiger charge is -2.45. The first kappa shape index (κ1) is 33.3. The van der Waals surface area contributed by atoms with Gasteiger partial charge in [-0.1, -0.05) is 37.6 Å². The van der Waals surface area contributed by atoms with Crippen molar-refractivity contribution >= 4 is 23.4 Å². The Morgan fingerprint density at radius 3 is 2.15 bits per heavy atom. The van der Waals surface area contributed by atoms with Gasteiger partial charge in [0, 0.05) is 48.7 Å². The van der Waals surface area contributed by atoms with Crippen LogP contribution in [0.3, 0.4) is 0 Å². The van der Waals surface area contributed by atoms with Crippen LogP contribution < -0.4 is 0 Å². The first-order valence-electron chi connectivity index (χ1n) is 16.3. The van der Waals surface area contributed by atoms with E-state index < -0.39 is 47.9 Å². The van der Waals surface area contributed by atoms with Gasteiger partial charge >= 0.3 is 0 Å². The van der Waals surface area contributed by atoms with Gasteiger partial charge in [-0.05, 0) is 92.7 Å². The molecule has 0 bridgehead atoms. The van der Waals surface area contributed by atoms with Crippen LogP contribution in [0.1, 0.15) is 88.0 Å². The molecule has 3 fully saturated rings. The summed E-state index contributed by atoms with van der Waals surface area (Å²) in [4.78, 5) is 33.2. The molecule has 0 unspecified atom stereocenters. The van der Waals surface area contributed by atoms with Crippen molar-refractivity contribution < 1.29 is 27.2 Å². The third kappa shape index (κ3) is 5.63. The molecule has 3 saturated heterocycles. The van der Waals surface area contributed by atoms with E-state index in [-0.39, 0.29) is 28.7 Å². The van der Waals surface area contributed by atoms with Crippen molar-refractivity contribution in [3.8, 4) is 0 Å².